The molecule has 0 spiro atoms. The largest absolute Gasteiger partial charge is 0.313 e. The van der Waals surface area contributed by atoms with E-state index >= 15 is 0 Å². The van der Waals surface area contributed by atoms with Gasteiger partial charge in [-0.3, -0.25) is 0 Å². The zero-order valence-corrected chi connectivity index (χ0v) is 11.5. The van der Waals surface area contributed by atoms with E-state index in [1.807, 2.05) is 11.3 Å². The van der Waals surface area contributed by atoms with Crippen LogP contribution >= 0.6 is 33.9 Å². The van der Waals surface area contributed by atoms with E-state index in [-0.39, 0.29) is 0 Å². The average Bonchev–Trinajstić information content (AvgIpc) is 2.68. The number of rotatable bonds is 5. The Labute approximate surface area is 108 Å². The molecule has 1 N–H and O–H groups in total. The fourth-order valence-corrected chi connectivity index (χ4v) is 2.93. The number of fused-ring (bicyclic) bond motifs is 1. The molecule has 3 heteroatoms. The third kappa shape index (κ3) is 2.92. The number of hydrogen-bond donors (Lipinski definition) is 1. The lowest BCUT2D eigenvalue weighted by Crippen LogP contribution is -2.14. The van der Waals surface area contributed by atoms with Gasteiger partial charge in [-0.25, -0.2) is 0 Å². The molecule has 2 rings (SSSR count). The lowest BCUT2D eigenvalue weighted by Gasteiger charge is -2.01. The summed E-state index contributed by atoms with van der Waals surface area (Å²) >= 11 is 4.25. The Morgan fingerprint density at radius 1 is 1.27 bits per heavy atom. The first-order valence-electron chi connectivity index (χ1n) is 5.13. The first-order chi connectivity index (χ1) is 7.42. The predicted octanol–water partition coefficient (Wildman–Crippen LogP) is 3.82. The van der Waals surface area contributed by atoms with Crippen molar-refractivity contribution in [2.75, 3.05) is 11.0 Å². The van der Waals surface area contributed by atoms with E-state index in [0.29, 0.717) is 0 Å². The van der Waals surface area contributed by atoms with Gasteiger partial charge in [-0.2, -0.15) is 0 Å². The van der Waals surface area contributed by atoms with Gasteiger partial charge in [0.1, 0.15) is 0 Å². The standard InChI is InChI=1S/C12H14INS/c13-6-3-7-14-8-10-9-15-12-5-2-1-4-11(10)12/h1-2,4-5,9,14H,3,6-8H2. The highest BCUT2D eigenvalue weighted by molar-refractivity contribution is 14.1. The Kier molecular flexibility index (Phi) is 4.41. The summed E-state index contributed by atoms with van der Waals surface area (Å²) in [6, 6.07) is 8.62. The summed E-state index contributed by atoms with van der Waals surface area (Å²) < 4.78 is 2.62. The molecule has 0 radical (unpaired) electrons. The van der Waals surface area contributed by atoms with Crippen molar-refractivity contribution in [2.24, 2.45) is 0 Å². The maximum atomic E-state index is 3.48. The highest BCUT2D eigenvalue weighted by Gasteiger charge is 2.01. The monoisotopic (exact) mass is 331 g/mol. The van der Waals surface area contributed by atoms with Crippen LogP contribution in [0.2, 0.25) is 0 Å². The maximum absolute atomic E-state index is 3.48. The van der Waals surface area contributed by atoms with Crippen LogP contribution in [-0.4, -0.2) is 11.0 Å². The van der Waals surface area contributed by atoms with E-state index in [2.05, 4.69) is 57.6 Å². The summed E-state index contributed by atoms with van der Waals surface area (Å²) in [5.74, 6) is 0. The van der Waals surface area contributed by atoms with Gasteiger partial charge in [0.25, 0.3) is 0 Å². The number of halogens is 1. The maximum Gasteiger partial charge on any atom is 0.0346 e. The Hall–Kier alpha value is -0.130. The van der Waals surface area contributed by atoms with E-state index in [1.54, 1.807) is 0 Å². The topological polar surface area (TPSA) is 12.0 Å². The van der Waals surface area contributed by atoms with Gasteiger partial charge < -0.3 is 5.32 Å². The first kappa shape index (κ1) is 11.4. The van der Waals surface area contributed by atoms with Gasteiger partial charge in [0.05, 0.1) is 0 Å². The molecule has 0 aliphatic carbocycles. The van der Waals surface area contributed by atoms with Crippen molar-refractivity contribution in [1.82, 2.24) is 5.32 Å². The van der Waals surface area contributed by atoms with Crippen LogP contribution in [0, 0.1) is 0 Å². The SMILES string of the molecule is ICCCNCc1csc2ccccc12. The van der Waals surface area contributed by atoms with Crippen LogP contribution in [0.15, 0.2) is 29.6 Å². The van der Waals surface area contributed by atoms with Crippen molar-refractivity contribution >= 4 is 44.0 Å². The number of nitrogens with one attached hydrogen (secondary N) is 1. The average molecular weight is 331 g/mol. The first-order valence-corrected chi connectivity index (χ1v) is 7.54. The van der Waals surface area contributed by atoms with Crippen LogP contribution in [0.25, 0.3) is 10.1 Å². The molecule has 0 aliphatic heterocycles. The number of alkyl halides is 1. The van der Waals surface area contributed by atoms with E-state index in [1.165, 1.54) is 26.5 Å². The molecule has 1 nitrogen and oxygen atoms in total. The van der Waals surface area contributed by atoms with Crippen molar-refractivity contribution in [3.63, 3.8) is 0 Å². The number of hydrogen-bond acceptors (Lipinski definition) is 2. The summed E-state index contributed by atoms with van der Waals surface area (Å²) in [7, 11) is 0. The minimum Gasteiger partial charge on any atom is -0.313 e. The minimum atomic E-state index is 1.00. The van der Waals surface area contributed by atoms with Gasteiger partial charge in [-0.15, -0.1) is 11.3 Å². The summed E-state index contributed by atoms with van der Waals surface area (Å²) in [5, 5.41) is 7.16. The predicted molar refractivity (Wildman–Crippen MR) is 77.0 cm³/mol. The second-order valence-corrected chi connectivity index (χ2v) is 5.47. The van der Waals surface area contributed by atoms with Crippen molar-refractivity contribution in [3.8, 4) is 0 Å². The smallest absolute Gasteiger partial charge is 0.0346 e. The Morgan fingerprint density at radius 3 is 3.00 bits per heavy atom. The number of thiophene rings is 1. The fraction of sp³-hybridized carbons (Fsp3) is 0.333. The Bertz CT molecular complexity index is 424. The van der Waals surface area contributed by atoms with Gasteiger partial charge in [0.2, 0.25) is 0 Å². The highest BCUT2D eigenvalue weighted by Crippen LogP contribution is 2.25. The van der Waals surface area contributed by atoms with Crippen LogP contribution in [0.3, 0.4) is 0 Å². The highest BCUT2D eigenvalue weighted by atomic mass is 127. The lowest BCUT2D eigenvalue weighted by molar-refractivity contribution is 0.685. The second kappa shape index (κ2) is 5.82. The molecule has 0 fully saturated rings. The molecule has 0 saturated carbocycles. The molecule has 0 saturated heterocycles. The van der Waals surface area contributed by atoms with Gasteiger partial charge in [0, 0.05) is 15.7 Å². The molecule has 15 heavy (non-hydrogen) atoms. The molecule has 80 valence electrons. The molecule has 1 aromatic heterocycles. The van der Waals surface area contributed by atoms with Crippen LogP contribution in [0.1, 0.15) is 12.0 Å². The molecule has 0 amide bonds. The van der Waals surface area contributed by atoms with Gasteiger partial charge >= 0.3 is 0 Å². The van der Waals surface area contributed by atoms with Crippen LogP contribution in [0.4, 0.5) is 0 Å². The number of benzene rings is 1. The molecule has 0 atom stereocenters. The van der Waals surface area contributed by atoms with E-state index in [4.69, 9.17) is 0 Å². The summed E-state index contributed by atoms with van der Waals surface area (Å²) in [4.78, 5) is 0. The fourth-order valence-electron chi connectivity index (χ4n) is 1.58. The van der Waals surface area contributed by atoms with Crippen molar-refractivity contribution in [3.05, 3.63) is 35.2 Å². The Balaban J connectivity index is 2.02. The van der Waals surface area contributed by atoms with E-state index in [0.717, 1.165) is 13.1 Å². The van der Waals surface area contributed by atoms with Crippen LogP contribution in [0.5, 0.6) is 0 Å². The Morgan fingerprint density at radius 2 is 2.13 bits per heavy atom. The second-order valence-electron chi connectivity index (χ2n) is 3.48. The molecular weight excluding hydrogens is 317 g/mol. The molecule has 0 aliphatic rings. The summed E-state index contributed by atoms with van der Waals surface area (Å²) in [6.45, 7) is 2.12. The van der Waals surface area contributed by atoms with Gasteiger partial charge in [-0.05, 0) is 35.4 Å². The molecule has 1 aromatic carbocycles. The van der Waals surface area contributed by atoms with Crippen molar-refractivity contribution in [2.45, 2.75) is 13.0 Å². The normalized spacial score (nSPS) is 11.0. The van der Waals surface area contributed by atoms with Crippen molar-refractivity contribution < 1.29 is 0 Å². The quantitative estimate of drug-likeness (QED) is 0.499. The minimum absolute atomic E-state index is 1.00. The lowest BCUT2D eigenvalue weighted by atomic mass is 10.2. The third-order valence-electron chi connectivity index (χ3n) is 2.36. The van der Waals surface area contributed by atoms with E-state index < -0.39 is 0 Å². The van der Waals surface area contributed by atoms with E-state index in [9.17, 15) is 0 Å². The molecular formula is C12H14INS. The third-order valence-corrected chi connectivity index (χ3v) is 4.14. The molecule has 0 bridgehead atoms. The van der Waals surface area contributed by atoms with Gasteiger partial charge in [0.15, 0.2) is 0 Å². The molecule has 0 unspecified atom stereocenters. The van der Waals surface area contributed by atoms with Crippen LogP contribution in [-0.2, 0) is 6.54 Å². The van der Waals surface area contributed by atoms with Gasteiger partial charge in [-0.1, -0.05) is 40.8 Å². The summed E-state index contributed by atoms with van der Waals surface area (Å²) in [6.07, 6.45) is 1.25. The molecule has 2 aromatic rings. The zero-order chi connectivity index (χ0) is 10.5. The van der Waals surface area contributed by atoms with Crippen LogP contribution < -0.4 is 5.32 Å². The summed E-state index contributed by atoms with van der Waals surface area (Å²) in [5.41, 5.74) is 1.43. The zero-order valence-electron chi connectivity index (χ0n) is 8.50. The molecule has 1 heterocycles. The van der Waals surface area contributed by atoms with Crippen molar-refractivity contribution in [1.29, 1.82) is 0 Å².